The van der Waals surface area contributed by atoms with Gasteiger partial charge in [-0.2, -0.15) is 0 Å². The summed E-state index contributed by atoms with van der Waals surface area (Å²) >= 11 is 0. The lowest BCUT2D eigenvalue weighted by atomic mass is 9.98. The molecule has 0 amide bonds. The minimum absolute atomic E-state index is 0.915. The number of anilines is 2. The first-order valence-electron chi connectivity index (χ1n) is 18.5. The summed E-state index contributed by atoms with van der Waals surface area (Å²) < 4.78 is 2.31. The van der Waals surface area contributed by atoms with Crippen molar-refractivity contribution in [3.8, 4) is 27.9 Å². The van der Waals surface area contributed by atoms with Crippen LogP contribution in [0.3, 0.4) is 0 Å². The lowest BCUT2D eigenvalue weighted by Gasteiger charge is -2.24. The number of fused-ring (bicyclic) bond motifs is 4. The lowest BCUT2D eigenvalue weighted by Crippen LogP contribution is -2.15. The van der Waals surface area contributed by atoms with E-state index in [0.29, 0.717) is 0 Å². The van der Waals surface area contributed by atoms with Crippen molar-refractivity contribution < 1.29 is 0 Å². The Balaban J connectivity index is 0.000000160. The third-order valence-electron chi connectivity index (χ3n) is 10.2. The molecule has 260 valence electrons. The molecule has 0 aliphatic rings. The second kappa shape index (κ2) is 15.4. The van der Waals surface area contributed by atoms with Crippen LogP contribution in [0.4, 0.5) is 11.4 Å². The SMILES string of the molecule is C=CC(=C)c1ccc2c(c1)c1ccccc1n2-c1ccccc1.CCN(c1ccc(-c2ccccc2)cc1)c1ccc(-c2cccc3ccccc23)cc1. The molecule has 0 unspecified atom stereocenters. The van der Waals surface area contributed by atoms with Crippen LogP contribution in [0.15, 0.2) is 213 Å². The number of hydrogen-bond donors (Lipinski definition) is 0. The van der Waals surface area contributed by atoms with Gasteiger partial charge in [-0.15, -0.1) is 0 Å². The predicted molar refractivity (Wildman–Crippen MR) is 234 cm³/mol. The summed E-state index contributed by atoms with van der Waals surface area (Å²) in [6.45, 7) is 11.0. The number of hydrogen-bond acceptors (Lipinski definition) is 1. The third-order valence-corrected chi connectivity index (χ3v) is 10.2. The molecule has 0 aliphatic heterocycles. The van der Waals surface area contributed by atoms with Crippen molar-refractivity contribution in [2.24, 2.45) is 0 Å². The zero-order chi connectivity index (χ0) is 36.9. The molecule has 1 heterocycles. The normalized spacial score (nSPS) is 10.9. The molecule has 9 rings (SSSR count). The van der Waals surface area contributed by atoms with Gasteiger partial charge in [0.25, 0.3) is 0 Å². The number of nitrogens with zero attached hydrogens (tertiary/aromatic N) is 2. The molecule has 0 aliphatic carbocycles. The fraction of sp³-hybridized carbons (Fsp3) is 0.0385. The van der Waals surface area contributed by atoms with Crippen LogP contribution in [0.5, 0.6) is 0 Å². The zero-order valence-corrected chi connectivity index (χ0v) is 30.6. The Morgan fingerprint density at radius 1 is 0.519 bits per heavy atom. The molecule has 1 aromatic heterocycles. The van der Waals surface area contributed by atoms with Crippen LogP contribution in [0, 0.1) is 0 Å². The van der Waals surface area contributed by atoms with Crippen LogP contribution in [0.1, 0.15) is 12.5 Å². The maximum absolute atomic E-state index is 4.07. The fourth-order valence-corrected chi connectivity index (χ4v) is 7.42. The van der Waals surface area contributed by atoms with Gasteiger partial charge in [0.1, 0.15) is 0 Å². The summed E-state index contributed by atoms with van der Waals surface area (Å²) in [5.41, 5.74) is 13.1. The van der Waals surface area contributed by atoms with Gasteiger partial charge < -0.3 is 9.47 Å². The van der Waals surface area contributed by atoms with E-state index < -0.39 is 0 Å². The van der Waals surface area contributed by atoms with Gasteiger partial charge in [-0.1, -0.05) is 159 Å². The monoisotopic (exact) mass is 694 g/mol. The van der Waals surface area contributed by atoms with Gasteiger partial charge in [0.2, 0.25) is 0 Å². The van der Waals surface area contributed by atoms with Gasteiger partial charge in [-0.05, 0) is 106 Å². The van der Waals surface area contributed by atoms with Gasteiger partial charge in [0.15, 0.2) is 0 Å². The van der Waals surface area contributed by atoms with E-state index in [1.165, 1.54) is 71.9 Å². The average Bonchev–Trinajstić information content (AvgIpc) is 3.58. The fourth-order valence-electron chi connectivity index (χ4n) is 7.42. The quantitative estimate of drug-likeness (QED) is 0.144. The largest absolute Gasteiger partial charge is 0.342 e. The Labute approximate surface area is 318 Å². The van der Waals surface area contributed by atoms with Gasteiger partial charge >= 0.3 is 0 Å². The van der Waals surface area contributed by atoms with Crippen molar-refractivity contribution >= 4 is 49.5 Å². The molecular weight excluding hydrogens is 653 g/mol. The number of para-hydroxylation sites is 2. The number of benzene rings is 8. The predicted octanol–water partition coefficient (Wildman–Crippen LogP) is 14.3. The van der Waals surface area contributed by atoms with E-state index in [1.807, 2.05) is 6.07 Å². The van der Waals surface area contributed by atoms with E-state index >= 15 is 0 Å². The summed E-state index contributed by atoms with van der Waals surface area (Å²) in [5.74, 6) is 0. The summed E-state index contributed by atoms with van der Waals surface area (Å²) in [5, 5.41) is 5.06. The van der Waals surface area contributed by atoms with Crippen LogP contribution >= 0.6 is 0 Å². The highest BCUT2D eigenvalue weighted by Gasteiger charge is 2.13. The Morgan fingerprint density at radius 2 is 1.07 bits per heavy atom. The molecule has 0 saturated carbocycles. The molecule has 0 spiro atoms. The maximum Gasteiger partial charge on any atom is 0.0541 e. The molecule has 54 heavy (non-hydrogen) atoms. The third kappa shape index (κ3) is 6.74. The number of aromatic nitrogens is 1. The summed E-state index contributed by atoms with van der Waals surface area (Å²) in [6, 6.07) is 68.9. The standard InChI is InChI=1S/C30H25N.C22H17N/c1-2-31(27-19-15-24(16-20-27)23-9-4-3-5-10-23)28-21-17-26(18-22-28)30-14-8-12-25-11-6-7-13-29(25)30;1-3-16(2)17-13-14-22-20(15-17)19-11-7-8-12-21(19)23(22)18-9-5-4-6-10-18/h3-22H,2H2,1H3;3-15H,1-2H2. The Bertz CT molecular complexity index is 2700. The van der Waals surface area contributed by atoms with E-state index in [9.17, 15) is 0 Å². The molecular formula is C52H42N2. The highest BCUT2D eigenvalue weighted by atomic mass is 15.1. The van der Waals surface area contributed by atoms with Crippen molar-refractivity contribution in [3.05, 3.63) is 219 Å². The van der Waals surface area contributed by atoms with Gasteiger partial charge in [0.05, 0.1) is 11.0 Å². The molecule has 0 bridgehead atoms. The van der Waals surface area contributed by atoms with Crippen molar-refractivity contribution in [1.82, 2.24) is 4.57 Å². The second-order valence-corrected chi connectivity index (χ2v) is 13.4. The van der Waals surface area contributed by atoms with Gasteiger partial charge in [-0.25, -0.2) is 0 Å². The van der Waals surface area contributed by atoms with Crippen molar-refractivity contribution in [1.29, 1.82) is 0 Å². The smallest absolute Gasteiger partial charge is 0.0541 e. The first-order chi connectivity index (χ1) is 26.6. The lowest BCUT2D eigenvalue weighted by molar-refractivity contribution is 1.02. The number of allylic oxidation sites excluding steroid dienone is 2. The molecule has 2 nitrogen and oxygen atoms in total. The summed E-state index contributed by atoms with van der Waals surface area (Å²) in [6.07, 6.45) is 1.80. The first kappa shape index (κ1) is 34.2. The number of rotatable bonds is 8. The molecule has 2 heteroatoms. The van der Waals surface area contributed by atoms with Crippen LogP contribution in [0.2, 0.25) is 0 Å². The minimum atomic E-state index is 0.915. The van der Waals surface area contributed by atoms with E-state index in [4.69, 9.17) is 0 Å². The van der Waals surface area contributed by atoms with E-state index in [0.717, 1.165) is 17.7 Å². The highest BCUT2D eigenvalue weighted by Crippen LogP contribution is 2.35. The topological polar surface area (TPSA) is 8.17 Å². The van der Waals surface area contributed by atoms with Crippen LogP contribution < -0.4 is 4.90 Å². The molecule has 0 N–H and O–H groups in total. The molecule has 8 aromatic carbocycles. The summed E-state index contributed by atoms with van der Waals surface area (Å²) in [7, 11) is 0. The summed E-state index contributed by atoms with van der Waals surface area (Å²) in [4.78, 5) is 2.35. The molecule has 9 aromatic rings. The Hall–Kier alpha value is -6.90. The maximum atomic E-state index is 4.07. The Kier molecular flexibility index (Phi) is 9.74. The first-order valence-corrected chi connectivity index (χ1v) is 18.5. The van der Waals surface area contributed by atoms with E-state index in [1.54, 1.807) is 6.08 Å². The Morgan fingerprint density at radius 3 is 1.76 bits per heavy atom. The average molecular weight is 695 g/mol. The molecule has 0 atom stereocenters. The van der Waals surface area contributed by atoms with Gasteiger partial charge in [-0.3, -0.25) is 0 Å². The molecule has 0 radical (unpaired) electrons. The molecule has 0 saturated heterocycles. The van der Waals surface area contributed by atoms with Crippen molar-refractivity contribution in [3.63, 3.8) is 0 Å². The highest BCUT2D eigenvalue weighted by molar-refractivity contribution is 6.10. The van der Waals surface area contributed by atoms with Crippen molar-refractivity contribution in [2.45, 2.75) is 6.92 Å². The second-order valence-electron chi connectivity index (χ2n) is 13.4. The zero-order valence-electron chi connectivity index (χ0n) is 30.6. The molecule has 0 fully saturated rings. The minimum Gasteiger partial charge on any atom is -0.342 e. The van der Waals surface area contributed by atoms with Crippen LogP contribution in [-0.2, 0) is 0 Å². The van der Waals surface area contributed by atoms with Crippen molar-refractivity contribution in [2.75, 3.05) is 11.4 Å². The van der Waals surface area contributed by atoms with Crippen LogP contribution in [0.25, 0.3) is 66.1 Å². The van der Waals surface area contributed by atoms with Crippen LogP contribution in [-0.4, -0.2) is 11.1 Å². The van der Waals surface area contributed by atoms with Gasteiger partial charge in [0, 0.05) is 34.4 Å². The van der Waals surface area contributed by atoms with E-state index in [-0.39, 0.29) is 0 Å². The van der Waals surface area contributed by atoms with E-state index in [2.05, 4.69) is 218 Å².